The van der Waals surface area contributed by atoms with E-state index in [0.29, 0.717) is 11.5 Å². The minimum atomic E-state index is 0. The van der Waals surface area contributed by atoms with Gasteiger partial charge in [-0.3, -0.25) is 0 Å². The summed E-state index contributed by atoms with van der Waals surface area (Å²) in [6.07, 6.45) is 3.65. The van der Waals surface area contributed by atoms with E-state index in [0.717, 1.165) is 13.2 Å². The van der Waals surface area contributed by atoms with E-state index in [9.17, 15) is 0 Å². The summed E-state index contributed by atoms with van der Waals surface area (Å²) in [7, 11) is 0. The molecule has 10 heavy (non-hydrogen) atoms. The highest BCUT2D eigenvalue weighted by Crippen LogP contribution is 2.46. The van der Waals surface area contributed by atoms with E-state index in [2.05, 4.69) is 0 Å². The molecule has 0 aromatic heterocycles. The van der Waals surface area contributed by atoms with Gasteiger partial charge in [0, 0.05) is 12.6 Å². The second kappa shape index (κ2) is 2.68. The molecule has 1 spiro atoms. The maximum Gasteiger partial charge on any atom is 0.0524 e. The zero-order chi connectivity index (χ0) is 6.32. The Morgan fingerprint density at radius 3 is 2.50 bits per heavy atom. The Hall–Kier alpha value is 0.210. The Balaban J connectivity index is 0.000000500. The first-order valence-electron chi connectivity index (χ1n) is 3.64. The van der Waals surface area contributed by atoms with Gasteiger partial charge in [0.15, 0.2) is 0 Å². The summed E-state index contributed by atoms with van der Waals surface area (Å²) in [4.78, 5) is 0. The fourth-order valence-electron chi connectivity index (χ4n) is 2.02. The Morgan fingerprint density at radius 1 is 1.40 bits per heavy atom. The number of hydrogen-bond donors (Lipinski definition) is 1. The van der Waals surface area contributed by atoms with Gasteiger partial charge in [0.25, 0.3) is 0 Å². The first-order valence-corrected chi connectivity index (χ1v) is 3.64. The quantitative estimate of drug-likeness (QED) is 0.577. The summed E-state index contributed by atoms with van der Waals surface area (Å²) in [6, 6.07) is 0.478. The van der Waals surface area contributed by atoms with Crippen LogP contribution in [-0.4, -0.2) is 19.3 Å². The molecule has 2 rings (SSSR count). The van der Waals surface area contributed by atoms with Crippen molar-refractivity contribution in [1.82, 2.24) is 0 Å². The van der Waals surface area contributed by atoms with Gasteiger partial charge in [-0.2, -0.15) is 0 Å². The Bertz CT molecular complexity index is 115. The van der Waals surface area contributed by atoms with Crippen molar-refractivity contribution in [1.29, 1.82) is 0 Å². The predicted octanol–water partition coefficient (Wildman–Crippen LogP) is 0.936. The molecule has 0 unspecified atom stereocenters. The molecule has 0 aromatic carbocycles. The van der Waals surface area contributed by atoms with Crippen LogP contribution in [0.15, 0.2) is 0 Å². The molecule has 2 aliphatic rings. The van der Waals surface area contributed by atoms with Crippen molar-refractivity contribution in [2.75, 3.05) is 13.2 Å². The van der Waals surface area contributed by atoms with E-state index >= 15 is 0 Å². The van der Waals surface area contributed by atoms with Crippen LogP contribution >= 0.6 is 12.4 Å². The number of rotatable bonds is 0. The third-order valence-electron chi connectivity index (χ3n) is 2.58. The zero-order valence-corrected chi connectivity index (χ0v) is 6.82. The average Bonchev–Trinajstić information content (AvgIpc) is 2.12. The van der Waals surface area contributed by atoms with Crippen LogP contribution in [-0.2, 0) is 4.74 Å². The smallest absolute Gasteiger partial charge is 0.0524 e. The van der Waals surface area contributed by atoms with Crippen molar-refractivity contribution < 1.29 is 4.74 Å². The van der Waals surface area contributed by atoms with Crippen LogP contribution in [0.2, 0.25) is 0 Å². The minimum absolute atomic E-state index is 0. The lowest BCUT2D eigenvalue weighted by Crippen LogP contribution is -2.46. The van der Waals surface area contributed by atoms with E-state index in [1.807, 2.05) is 0 Å². The Morgan fingerprint density at radius 2 is 2.10 bits per heavy atom. The summed E-state index contributed by atoms with van der Waals surface area (Å²) < 4.78 is 5.30. The number of ether oxygens (including phenoxy) is 1. The molecule has 1 saturated carbocycles. The van der Waals surface area contributed by atoms with Crippen LogP contribution in [0.1, 0.15) is 19.3 Å². The van der Waals surface area contributed by atoms with Gasteiger partial charge in [-0.15, -0.1) is 12.4 Å². The molecular weight excluding hydrogens is 150 g/mol. The van der Waals surface area contributed by atoms with Gasteiger partial charge in [0.1, 0.15) is 0 Å². The molecule has 60 valence electrons. The summed E-state index contributed by atoms with van der Waals surface area (Å²) >= 11 is 0. The lowest BCUT2D eigenvalue weighted by Gasteiger charge is -2.42. The van der Waals surface area contributed by atoms with Gasteiger partial charge in [-0.1, -0.05) is 0 Å². The van der Waals surface area contributed by atoms with Gasteiger partial charge in [-0.05, 0) is 24.7 Å². The maximum absolute atomic E-state index is 5.68. The number of hydrogen-bond acceptors (Lipinski definition) is 2. The second-order valence-electron chi connectivity index (χ2n) is 3.47. The summed E-state index contributed by atoms with van der Waals surface area (Å²) in [5, 5.41) is 0. The molecule has 2 N–H and O–H groups in total. The van der Waals surface area contributed by atoms with Gasteiger partial charge in [-0.25, -0.2) is 0 Å². The monoisotopic (exact) mass is 163 g/mol. The normalized spacial score (nSPS) is 44.7. The Kier molecular flexibility index (Phi) is 2.23. The number of halogens is 1. The van der Waals surface area contributed by atoms with Crippen molar-refractivity contribution in [3.05, 3.63) is 0 Å². The molecule has 0 aromatic rings. The van der Waals surface area contributed by atoms with E-state index in [1.54, 1.807) is 0 Å². The van der Waals surface area contributed by atoms with E-state index < -0.39 is 0 Å². The van der Waals surface area contributed by atoms with E-state index in [4.69, 9.17) is 10.5 Å². The van der Waals surface area contributed by atoms with Crippen LogP contribution in [0.5, 0.6) is 0 Å². The fraction of sp³-hybridized carbons (Fsp3) is 1.00. The molecule has 2 nitrogen and oxygen atoms in total. The molecule has 3 heteroatoms. The average molecular weight is 164 g/mol. The molecule has 1 aliphatic heterocycles. The predicted molar refractivity (Wildman–Crippen MR) is 42.3 cm³/mol. The van der Waals surface area contributed by atoms with Crippen LogP contribution in [0.25, 0.3) is 0 Å². The largest absolute Gasteiger partial charge is 0.381 e. The van der Waals surface area contributed by atoms with Gasteiger partial charge in [0.05, 0.1) is 6.61 Å². The highest BCUT2D eigenvalue weighted by atomic mass is 35.5. The summed E-state index contributed by atoms with van der Waals surface area (Å²) in [5.41, 5.74) is 6.22. The molecule has 1 saturated heterocycles. The first kappa shape index (κ1) is 8.31. The summed E-state index contributed by atoms with van der Waals surface area (Å²) in [6.45, 7) is 1.94. The third-order valence-corrected chi connectivity index (χ3v) is 2.58. The molecule has 0 radical (unpaired) electrons. The first-order chi connectivity index (χ1) is 4.31. The molecule has 1 heterocycles. The molecule has 2 fully saturated rings. The van der Waals surface area contributed by atoms with Crippen LogP contribution < -0.4 is 5.73 Å². The fourth-order valence-corrected chi connectivity index (χ4v) is 2.02. The lowest BCUT2D eigenvalue weighted by atomic mass is 9.65. The molecule has 0 amide bonds. The molecule has 0 atom stereocenters. The SMILES string of the molecule is Cl.NC1CC2(CCOC2)C1. The van der Waals surface area contributed by atoms with Crippen molar-refractivity contribution in [3.63, 3.8) is 0 Å². The number of nitrogens with two attached hydrogens (primary N) is 1. The molecule has 1 aliphatic carbocycles. The lowest BCUT2D eigenvalue weighted by molar-refractivity contribution is 0.0743. The highest BCUT2D eigenvalue weighted by Gasteiger charge is 2.44. The van der Waals surface area contributed by atoms with E-state index in [1.165, 1.54) is 19.3 Å². The van der Waals surface area contributed by atoms with Crippen molar-refractivity contribution >= 4 is 12.4 Å². The molecular formula is C7H14ClNO. The minimum Gasteiger partial charge on any atom is -0.381 e. The highest BCUT2D eigenvalue weighted by molar-refractivity contribution is 5.85. The van der Waals surface area contributed by atoms with E-state index in [-0.39, 0.29) is 12.4 Å². The standard InChI is InChI=1S/C7H13NO.ClH/c8-6-3-7(4-6)1-2-9-5-7;/h6H,1-5,8H2;1H. The van der Waals surface area contributed by atoms with Gasteiger partial charge >= 0.3 is 0 Å². The van der Waals surface area contributed by atoms with Crippen LogP contribution in [0.4, 0.5) is 0 Å². The van der Waals surface area contributed by atoms with Crippen LogP contribution in [0, 0.1) is 5.41 Å². The maximum atomic E-state index is 5.68. The zero-order valence-electron chi connectivity index (χ0n) is 6.01. The third kappa shape index (κ3) is 1.16. The van der Waals surface area contributed by atoms with Crippen LogP contribution in [0.3, 0.4) is 0 Å². The molecule has 0 bridgehead atoms. The van der Waals surface area contributed by atoms with Crippen molar-refractivity contribution in [2.45, 2.75) is 25.3 Å². The van der Waals surface area contributed by atoms with Gasteiger partial charge in [0.2, 0.25) is 0 Å². The van der Waals surface area contributed by atoms with Crippen molar-refractivity contribution in [3.8, 4) is 0 Å². The Labute approximate surface area is 67.5 Å². The van der Waals surface area contributed by atoms with Crippen molar-refractivity contribution in [2.24, 2.45) is 11.1 Å². The topological polar surface area (TPSA) is 35.2 Å². The second-order valence-corrected chi connectivity index (χ2v) is 3.47. The van der Waals surface area contributed by atoms with Gasteiger partial charge < -0.3 is 10.5 Å². The summed E-state index contributed by atoms with van der Waals surface area (Å²) in [5.74, 6) is 0.